The number of amides is 3. The van der Waals surface area contributed by atoms with E-state index >= 15 is 0 Å². The van der Waals surface area contributed by atoms with E-state index in [0.717, 1.165) is 5.56 Å². The third kappa shape index (κ3) is 5.25. The number of nitrogens with one attached hydrogen (secondary N) is 2. The largest absolute Gasteiger partial charge is 0.490 e. The fraction of sp³-hybridized carbons (Fsp3) is 0.375. The summed E-state index contributed by atoms with van der Waals surface area (Å²) in [7, 11) is 1.71. The number of hydrogen-bond donors (Lipinski definition) is 3. The molecular formula is C24H27N3O6. The van der Waals surface area contributed by atoms with Crippen LogP contribution in [0.2, 0.25) is 0 Å². The molecule has 2 aliphatic heterocycles. The number of hydrogen-bond acceptors (Lipinski definition) is 5. The molecule has 4 rings (SSSR count). The Morgan fingerprint density at radius 2 is 1.88 bits per heavy atom. The van der Waals surface area contributed by atoms with E-state index in [4.69, 9.17) is 14.6 Å². The Kier molecular flexibility index (Phi) is 6.50. The number of aliphatic carboxylic acids is 1. The maximum Gasteiger partial charge on any atom is 0.323 e. The minimum atomic E-state index is -0.911. The van der Waals surface area contributed by atoms with Gasteiger partial charge in [0, 0.05) is 18.4 Å². The second-order valence-corrected chi connectivity index (χ2v) is 8.43. The average molecular weight is 453 g/mol. The van der Waals surface area contributed by atoms with Gasteiger partial charge in [0.15, 0.2) is 0 Å². The van der Waals surface area contributed by atoms with Crippen molar-refractivity contribution in [2.75, 3.05) is 24.3 Å². The zero-order chi connectivity index (χ0) is 23.5. The molecule has 2 aliphatic rings. The molecule has 0 aliphatic carbocycles. The predicted molar refractivity (Wildman–Crippen MR) is 122 cm³/mol. The van der Waals surface area contributed by atoms with Gasteiger partial charge in [-0.1, -0.05) is 12.1 Å². The van der Waals surface area contributed by atoms with E-state index < -0.39 is 24.2 Å². The first-order valence-electron chi connectivity index (χ1n) is 10.9. The monoisotopic (exact) mass is 453 g/mol. The summed E-state index contributed by atoms with van der Waals surface area (Å²) >= 11 is 0. The summed E-state index contributed by atoms with van der Waals surface area (Å²) in [5.41, 5.74) is 2.50. The van der Waals surface area contributed by atoms with E-state index in [1.165, 1.54) is 0 Å². The summed E-state index contributed by atoms with van der Waals surface area (Å²) in [5, 5.41) is 14.6. The predicted octanol–water partition coefficient (Wildman–Crippen LogP) is 3.49. The van der Waals surface area contributed by atoms with Crippen molar-refractivity contribution in [3.63, 3.8) is 0 Å². The number of benzene rings is 2. The van der Waals surface area contributed by atoms with Gasteiger partial charge in [-0.3, -0.25) is 9.59 Å². The molecule has 3 atom stereocenters. The van der Waals surface area contributed by atoms with Crippen LogP contribution in [0.4, 0.5) is 16.2 Å². The van der Waals surface area contributed by atoms with Crippen molar-refractivity contribution in [3.05, 3.63) is 53.6 Å². The van der Waals surface area contributed by atoms with Crippen LogP contribution in [-0.4, -0.2) is 59.8 Å². The molecule has 9 heteroatoms. The smallest absolute Gasteiger partial charge is 0.323 e. The minimum Gasteiger partial charge on any atom is -0.490 e. The third-order valence-electron chi connectivity index (χ3n) is 5.95. The van der Waals surface area contributed by atoms with E-state index in [1.807, 2.05) is 25.1 Å². The summed E-state index contributed by atoms with van der Waals surface area (Å²) < 4.78 is 11.8. The molecule has 2 aromatic rings. The lowest BCUT2D eigenvalue weighted by Crippen LogP contribution is -2.53. The molecule has 0 spiro atoms. The Morgan fingerprint density at radius 3 is 2.61 bits per heavy atom. The number of rotatable bonds is 4. The number of likely N-dealkylation sites (N-methyl/N-ethyl adjacent to an activating group) is 1. The average Bonchev–Trinajstić information content (AvgIpc) is 2.76. The van der Waals surface area contributed by atoms with Gasteiger partial charge in [-0.05, 0) is 55.7 Å². The number of carbonyl (C=O) groups is 3. The van der Waals surface area contributed by atoms with Crippen molar-refractivity contribution in [2.45, 2.75) is 44.4 Å². The van der Waals surface area contributed by atoms with Crippen LogP contribution >= 0.6 is 0 Å². The van der Waals surface area contributed by atoms with Gasteiger partial charge in [0.05, 0.1) is 24.1 Å². The number of carbonyl (C=O) groups excluding carboxylic acids is 2. The second kappa shape index (κ2) is 9.50. The molecule has 1 fully saturated rings. The van der Waals surface area contributed by atoms with E-state index in [-0.39, 0.29) is 25.0 Å². The molecule has 0 unspecified atom stereocenters. The van der Waals surface area contributed by atoms with E-state index in [2.05, 4.69) is 10.6 Å². The molecular weight excluding hydrogens is 426 g/mol. The first-order chi connectivity index (χ1) is 15.8. The summed E-state index contributed by atoms with van der Waals surface area (Å²) in [6.45, 7) is 2.14. The number of urea groups is 1. The molecule has 0 bridgehead atoms. The lowest BCUT2D eigenvalue weighted by Gasteiger charge is -2.42. The molecule has 3 amide bonds. The highest BCUT2D eigenvalue weighted by molar-refractivity contribution is 6.02. The number of anilines is 2. The van der Waals surface area contributed by atoms with Gasteiger partial charge in [0.25, 0.3) is 5.91 Å². The fourth-order valence-corrected chi connectivity index (χ4v) is 4.32. The highest BCUT2D eigenvalue weighted by atomic mass is 16.5. The van der Waals surface area contributed by atoms with Crippen LogP contribution in [0.1, 0.15) is 35.2 Å². The summed E-state index contributed by atoms with van der Waals surface area (Å²) in [4.78, 5) is 38.3. The van der Waals surface area contributed by atoms with Crippen LogP contribution in [0, 0.1) is 6.92 Å². The third-order valence-corrected chi connectivity index (χ3v) is 5.95. The first-order valence-corrected chi connectivity index (χ1v) is 10.9. The Balaban J connectivity index is 1.48. The van der Waals surface area contributed by atoms with Crippen LogP contribution < -0.4 is 15.4 Å². The lowest BCUT2D eigenvalue weighted by atomic mass is 9.94. The Hall–Kier alpha value is -3.59. The number of ether oxygens (including phenoxy) is 2. The maximum atomic E-state index is 13.2. The molecule has 0 aromatic heterocycles. The molecule has 33 heavy (non-hydrogen) atoms. The van der Waals surface area contributed by atoms with Gasteiger partial charge >= 0.3 is 12.0 Å². The number of aryl methyl sites for hydroxylation is 1. The van der Waals surface area contributed by atoms with Gasteiger partial charge in [-0.25, -0.2) is 4.79 Å². The molecule has 9 nitrogen and oxygen atoms in total. The zero-order valence-corrected chi connectivity index (χ0v) is 18.5. The van der Waals surface area contributed by atoms with E-state index in [1.54, 1.807) is 36.2 Å². The summed E-state index contributed by atoms with van der Waals surface area (Å²) in [6.07, 6.45) is 0.298. The van der Waals surface area contributed by atoms with Crippen LogP contribution in [-0.2, 0) is 9.53 Å². The molecule has 0 radical (unpaired) electrons. The standard InChI is InChI=1S/C24H27N3O6/c1-14-4-3-5-15(10-14)25-24(31)26-16-6-9-20-18(11-16)23(30)27(2)19-8-7-17(12-22(28)29)33-21(19)13-32-20/h3-6,9-11,17,19,21H,7-8,12-13H2,1-2H3,(H,28,29)(H2,25,26,31)/t17-,19+,21+/m1/s1. The highest BCUT2D eigenvalue weighted by Gasteiger charge is 2.39. The molecule has 0 saturated carbocycles. The Labute approximate surface area is 191 Å². The lowest BCUT2D eigenvalue weighted by molar-refractivity contribution is -0.148. The highest BCUT2D eigenvalue weighted by Crippen LogP contribution is 2.32. The van der Waals surface area contributed by atoms with Gasteiger partial charge in [-0.2, -0.15) is 0 Å². The van der Waals surface area contributed by atoms with Crippen LogP contribution in [0.5, 0.6) is 5.75 Å². The quantitative estimate of drug-likeness (QED) is 0.652. The molecule has 174 valence electrons. The topological polar surface area (TPSA) is 117 Å². The minimum absolute atomic E-state index is 0.0723. The SMILES string of the molecule is Cc1cccc(NC(=O)Nc2ccc3c(c2)C(=O)N(C)[C@H]2CC[C@H](CC(=O)O)O[C@H]2CO3)c1. The summed E-state index contributed by atoms with van der Waals surface area (Å²) in [6, 6.07) is 11.7. The number of fused-ring (bicyclic) bond motifs is 2. The van der Waals surface area contributed by atoms with Gasteiger partial charge in [0.1, 0.15) is 18.5 Å². The van der Waals surface area contributed by atoms with Crippen molar-refractivity contribution < 1.29 is 29.0 Å². The molecule has 2 aromatic carbocycles. The van der Waals surface area contributed by atoms with Gasteiger partial charge in [0.2, 0.25) is 0 Å². The maximum absolute atomic E-state index is 13.2. The van der Waals surface area contributed by atoms with E-state index in [9.17, 15) is 14.4 Å². The Morgan fingerprint density at radius 1 is 1.12 bits per heavy atom. The van der Waals surface area contributed by atoms with Crippen LogP contribution in [0.15, 0.2) is 42.5 Å². The normalized spacial score (nSPS) is 22.2. The van der Waals surface area contributed by atoms with E-state index in [0.29, 0.717) is 35.5 Å². The number of carboxylic acid groups (broad SMARTS) is 1. The van der Waals surface area contributed by atoms with Crippen molar-refractivity contribution >= 4 is 29.3 Å². The second-order valence-electron chi connectivity index (χ2n) is 8.43. The molecule has 3 N–H and O–H groups in total. The van der Waals surface area contributed by atoms with Crippen molar-refractivity contribution in [1.29, 1.82) is 0 Å². The number of carboxylic acids is 1. The zero-order valence-electron chi connectivity index (χ0n) is 18.5. The van der Waals surface area contributed by atoms with Crippen molar-refractivity contribution in [2.24, 2.45) is 0 Å². The number of nitrogens with zero attached hydrogens (tertiary/aromatic N) is 1. The molecule has 2 heterocycles. The molecule has 1 saturated heterocycles. The van der Waals surface area contributed by atoms with Crippen LogP contribution in [0.3, 0.4) is 0 Å². The van der Waals surface area contributed by atoms with Crippen molar-refractivity contribution in [3.8, 4) is 5.75 Å². The van der Waals surface area contributed by atoms with Crippen LogP contribution in [0.25, 0.3) is 0 Å². The summed E-state index contributed by atoms with van der Waals surface area (Å²) in [5.74, 6) is -0.770. The van der Waals surface area contributed by atoms with Gasteiger partial charge < -0.3 is 30.1 Å². The Bertz CT molecular complexity index is 1070. The first kappa shape index (κ1) is 22.6. The van der Waals surface area contributed by atoms with Gasteiger partial charge in [-0.15, -0.1) is 0 Å². The fourth-order valence-electron chi connectivity index (χ4n) is 4.32. The van der Waals surface area contributed by atoms with Crippen molar-refractivity contribution in [1.82, 2.24) is 4.90 Å².